The zero-order chi connectivity index (χ0) is 19.9. The van der Waals surface area contributed by atoms with E-state index in [1.54, 1.807) is 18.6 Å². The van der Waals surface area contributed by atoms with Gasteiger partial charge < -0.3 is 10.2 Å². The average Bonchev–Trinajstić information content (AvgIpc) is 3.10. The largest absolute Gasteiger partial charge is 0.397 e. The molecule has 0 radical (unpaired) electrons. The van der Waals surface area contributed by atoms with Crippen LogP contribution in [0.1, 0.15) is 26.2 Å². The van der Waals surface area contributed by atoms with Gasteiger partial charge in [-0.05, 0) is 25.8 Å². The Hall–Kier alpha value is -2.91. The van der Waals surface area contributed by atoms with Gasteiger partial charge >= 0.3 is 6.18 Å². The lowest BCUT2D eigenvalue weighted by Crippen LogP contribution is -2.51. The molecule has 10 heteroatoms. The number of alkyl halides is 3. The van der Waals surface area contributed by atoms with Crippen molar-refractivity contribution in [3.05, 3.63) is 24.7 Å². The molecule has 2 N–H and O–H groups in total. The van der Waals surface area contributed by atoms with Gasteiger partial charge in [0.25, 0.3) is 0 Å². The van der Waals surface area contributed by atoms with Gasteiger partial charge in [-0.15, -0.1) is 0 Å². The van der Waals surface area contributed by atoms with Crippen LogP contribution in [0.3, 0.4) is 0 Å². The van der Waals surface area contributed by atoms with Crippen LogP contribution < -0.4 is 10.2 Å². The average molecular weight is 392 g/mol. The molecule has 1 saturated heterocycles. The van der Waals surface area contributed by atoms with E-state index in [2.05, 4.69) is 37.3 Å². The van der Waals surface area contributed by atoms with Crippen molar-refractivity contribution in [3.63, 3.8) is 0 Å². The van der Waals surface area contributed by atoms with E-state index in [1.165, 1.54) is 0 Å². The summed E-state index contributed by atoms with van der Waals surface area (Å²) in [7, 11) is 0. The maximum absolute atomic E-state index is 12.5. The van der Waals surface area contributed by atoms with E-state index < -0.39 is 18.5 Å². The summed E-state index contributed by atoms with van der Waals surface area (Å²) in [6.07, 6.45) is 0.440. The number of carbonyl (C=O) groups excluding carboxylic acids is 1. The van der Waals surface area contributed by atoms with Crippen molar-refractivity contribution >= 4 is 33.5 Å². The van der Waals surface area contributed by atoms with Gasteiger partial charge in [0.2, 0.25) is 5.91 Å². The highest BCUT2D eigenvalue weighted by Crippen LogP contribution is 2.34. The summed E-state index contributed by atoms with van der Waals surface area (Å²) in [4.78, 5) is 22.3. The van der Waals surface area contributed by atoms with Gasteiger partial charge in [-0.3, -0.25) is 9.89 Å². The molecule has 3 aromatic rings. The van der Waals surface area contributed by atoms with Crippen LogP contribution in [0.2, 0.25) is 0 Å². The van der Waals surface area contributed by atoms with E-state index in [9.17, 15) is 18.0 Å². The summed E-state index contributed by atoms with van der Waals surface area (Å²) in [5.41, 5.74) is 2.21. The second kappa shape index (κ2) is 6.92. The first-order valence-corrected chi connectivity index (χ1v) is 9.01. The Labute approximate surface area is 158 Å². The van der Waals surface area contributed by atoms with Gasteiger partial charge in [0.05, 0.1) is 23.6 Å². The minimum atomic E-state index is -4.51. The maximum atomic E-state index is 12.5. The topological polar surface area (TPSA) is 86.8 Å². The number of halogens is 3. The number of H-pyrrole nitrogens is 1. The molecule has 1 aliphatic rings. The summed E-state index contributed by atoms with van der Waals surface area (Å²) >= 11 is 0. The van der Waals surface area contributed by atoms with Gasteiger partial charge in [0, 0.05) is 35.6 Å². The van der Waals surface area contributed by atoms with Gasteiger partial charge in [-0.1, -0.05) is 0 Å². The molecule has 1 aliphatic heterocycles. The standard InChI is InChI=1S/C18H19F3N6O/c1-10-2-3-11(25-15(28)6-18(19,20)21)9-27(10)14-8-24-26-13-7-23-17-12(16(13)14)4-5-22-17/h4-5,7-8,10-11,26H,2-3,6,9H2,1H3,(H,25,28). The second-order valence-corrected chi connectivity index (χ2v) is 7.12. The lowest BCUT2D eigenvalue weighted by molar-refractivity contribution is -0.154. The minimum Gasteiger partial charge on any atom is -0.365 e. The van der Waals surface area contributed by atoms with Crippen molar-refractivity contribution in [3.8, 4) is 0 Å². The smallest absolute Gasteiger partial charge is 0.365 e. The number of fused-ring (bicyclic) bond motifs is 3. The molecule has 7 nitrogen and oxygen atoms in total. The molecule has 0 bridgehead atoms. The fraction of sp³-hybridized carbons (Fsp3) is 0.444. The summed E-state index contributed by atoms with van der Waals surface area (Å²) in [5.74, 6) is -0.997. The highest BCUT2D eigenvalue weighted by molar-refractivity contribution is 6.09. The fourth-order valence-corrected chi connectivity index (χ4v) is 3.79. The number of nitrogens with one attached hydrogen (secondary N) is 2. The number of aromatic nitrogens is 4. The van der Waals surface area contributed by atoms with Crippen LogP contribution in [-0.2, 0) is 4.79 Å². The Morgan fingerprint density at radius 3 is 2.93 bits per heavy atom. The van der Waals surface area contributed by atoms with Crippen molar-refractivity contribution in [2.24, 2.45) is 0 Å². The molecule has 1 fully saturated rings. The predicted octanol–water partition coefficient (Wildman–Crippen LogP) is 2.93. The van der Waals surface area contributed by atoms with Gasteiger partial charge in [0.1, 0.15) is 6.42 Å². The van der Waals surface area contributed by atoms with E-state index in [1.807, 2.05) is 6.07 Å². The number of carbonyl (C=O) groups is 1. The molecule has 0 spiro atoms. The number of nitrogens with zero attached hydrogens (tertiary/aromatic N) is 4. The molecule has 148 valence electrons. The van der Waals surface area contributed by atoms with Gasteiger partial charge in [-0.2, -0.15) is 18.3 Å². The summed E-state index contributed by atoms with van der Waals surface area (Å²) in [6.45, 7) is 2.46. The third kappa shape index (κ3) is 3.58. The molecule has 4 rings (SSSR count). The summed E-state index contributed by atoms with van der Waals surface area (Å²) in [6, 6.07) is 1.66. The Bertz CT molecular complexity index is 1020. The third-order valence-electron chi connectivity index (χ3n) is 5.08. The first-order chi connectivity index (χ1) is 13.3. The quantitative estimate of drug-likeness (QED) is 0.716. The number of anilines is 1. The zero-order valence-corrected chi connectivity index (χ0v) is 15.1. The number of pyridine rings is 1. The van der Waals surface area contributed by atoms with Crippen LogP contribution in [-0.4, -0.2) is 50.9 Å². The number of hydrogen-bond donors (Lipinski definition) is 2. The lowest BCUT2D eigenvalue weighted by Gasteiger charge is -2.40. The molecule has 2 unspecified atom stereocenters. The monoisotopic (exact) mass is 392 g/mol. The molecular weight excluding hydrogens is 373 g/mol. The number of hydrogen-bond acceptors (Lipinski definition) is 5. The van der Waals surface area contributed by atoms with Crippen molar-refractivity contribution < 1.29 is 18.0 Å². The Morgan fingerprint density at radius 2 is 2.14 bits per heavy atom. The molecule has 0 aromatic carbocycles. The molecular formula is C18H19F3N6O. The van der Waals surface area contributed by atoms with Crippen molar-refractivity contribution in [1.82, 2.24) is 25.5 Å². The normalized spacial score (nSPS) is 20.6. The molecule has 3 aromatic heterocycles. The van der Waals surface area contributed by atoms with Crippen LogP contribution in [0.25, 0.3) is 21.9 Å². The predicted molar refractivity (Wildman–Crippen MR) is 97.8 cm³/mol. The molecule has 0 aliphatic carbocycles. The van der Waals surface area contributed by atoms with Crippen LogP contribution in [0.4, 0.5) is 18.9 Å². The van der Waals surface area contributed by atoms with E-state index in [0.29, 0.717) is 18.6 Å². The highest BCUT2D eigenvalue weighted by Gasteiger charge is 2.34. The minimum absolute atomic E-state index is 0.148. The SMILES string of the molecule is CC1CCC(NC(=O)CC(F)(F)F)CN1c1cn[nH]c2cnc3nccc3c12. The second-order valence-electron chi connectivity index (χ2n) is 7.12. The molecule has 1 amide bonds. The van der Waals surface area contributed by atoms with Gasteiger partial charge in [0.15, 0.2) is 5.65 Å². The zero-order valence-electron chi connectivity index (χ0n) is 15.1. The van der Waals surface area contributed by atoms with E-state index in [0.717, 1.165) is 28.4 Å². The number of amides is 1. The molecule has 4 heterocycles. The Balaban J connectivity index is 1.64. The summed E-state index contributed by atoms with van der Waals surface area (Å²) in [5, 5.41) is 11.4. The Morgan fingerprint density at radius 1 is 1.32 bits per heavy atom. The summed E-state index contributed by atoms with van der Waals surface area (Å²) < 4.78 is 37.4. The first kappa shape index (κ1) is 18.5. The number of piperidine rings is 1. The van der Waals surface area contributed by atoms with Crippen molar-refractivity contribution in [2.45, 2.75) is 44.4 Å². The fourth-order valence-electron chi connectivity index (χ4n) is 3.79. The highest BCUT2D eigenvalue weighted by atomic mass is 19.4. The van der Waals surface area contributed by atoms with Crippen LogP contribution in [0.15, 0.2) is 24.7 Å². The third-order valence-corrected chi connectivity index (χ3v) is 5.08. The van der Waals surface area contributed by atoms with Crippen molar-refractivity contribution in [1.29, 1.82) is 0 Å². The van der Waals surface area contributed by atoms with Crippen molar-refractivity contribution in [2.75, 3.05) is 11.4 Å². The van der Waals surface area contributed by atoms with Crippen LogP contribution in [0, 0.1) is 0 Å². The maximum Gasteiger partial charge on any atom is 0.397 e. The number of aromatic amines is 1. The van der Waals surface area contributed by atoms with Crippen LogP contribution in [0.5, 0.6) is 0 Å². The van der Waals surface area contributed by atoms with E-state index in [-0.39, 0.29) is 12.1 Å². The Kier molecular flexibility index (Phi) is 4.56. The molecule has 28 heavy (non-hydrogen) atoms. The van der Waals surface area contributed by atoms with Crippen LogP contribution >= 0.6 is 0 Å². The molecule has 0 saturated carbocycles. The first-order valence-electron chi connectivity index (χ1n) is 9.01. The van der Waals surface area contributed by atoms with E-state index >= 15 is 0 Å². The van der Waals surface area contributed by atoms with Gasteiger partial charge in [-0.25, -0.2) is 9.97 Å². The van der Waals surface area contributed by atoms with E-state index in [4.69, 9.17) is 0 Å². The molecule has 2 atom stereocenters. The number of rotatable bonds is 3. The lowest BCUT2D eigenvalue weighted by atomic mass is 9.97.